The number of aromatic nitrogens is 5. The van der Waals surface area contributed by atoms with Crippen molar-refractivity contribution >= 4 is 17.0 Å². The summed E-state index contributed by atoms with van der Waals surface area (Å²) in [6.45, 7) is 3.61. The van der Waals surface area contributed by atoms with Crippen LogP contribution in [-0.4, -0.2) is 24.1 Å². The molecular weight excluding hydrogens is 398 g/mol. The van der Waals surface area contributed by atoms with Gasteiger partial charge in [-0.3, -0.25) is 0 Å². The Bertz CT molecular complexity index is 1420. The van der Waals surface area contributed by atoms with Crippen LogP contribution in [0, 0.1) is 25.5 Å². The lowest BCUT2D eigenvalue weighted by atomic mass is 10.1. The molecule has 0 fully saturated rings. The van der Waals surface area contributed by atoms with Crippen molar-refractivity contribution in [1.29, 1.82) is 0 Å². The van der Waals surface area contributed by atoms with E-state index in [1.54, 1.807) is 25.1 Å². The maximum absolute atomic E-state index is 14.7. The van der Waals surface area contributed by atoms with Crippen LogP contribution in [0.2, 0.25) is 0 Å². The molecule has 1 N–H and O–H groups in total. The molecule has 31 heavy (non-hydrogen) atoms. The zero-order valence-electron chi connectivity index (χ0n) is 16.8. The summed E-state index contributed by atoms with van der Waals surface area (Å²) in [4.78, 5) is 8.76. The molecule has 154 valence electrons. The molecule has 0 saturated heterocycles. The van der Waals surface area contributed by atoms with Gasteiger partial charge in [0.1, 0.15) is 23.7 Å². The van der Waals surface area contributed by atoms with Gasteiger partial charge in [-0.05, 0) is 67.9 Å². The third-order valence-electron chi connectivity index (χ3n) is 5.12. The van der Waals surface area contributed by atoms with E-state index in [2.05, 4.69) is 15.4 Å². The molecule has 0 radical (unpaired) electrons. The van der Waals surface area contributed by atoms with Gasteiger partial charge in [0.2, 0.25) is 0 Å². The predicted octanol–water partition coefficient (Wildman–Crippen LogP) is 5.22. The summed E-state index contributed by atoms with van der Waals surface area (Å²) >= 11 is 0. The average molecular weight is 416 g/mol. The van der Waals surface area contributed by atoms with Crippen LogP contribution >= 0.6 is 0 Å². The van der Waals surface area contributed by atoms with Crippen molar-refractivity contribution in [2.45, 2.75) is 13.8 Å². The van der Waals surface area contributed by atoms with Gasteiger partial charge in [0.05, 0.1) is 11.4 Å². The minimum Gasteiger partial charge on any atom is -0.352 e. The van der Waals surface area contributed by atoms with Gasteiger partial charge in [0, 0.05) is 23.6 Å². The van der Waals surface area contributed by atoms with Crippen LogP contribution in [0.3, 0.4) is 0 Å². The topological polar surface area (TPSA) is 60.0 Å². The lowest BCUT2D eigenvalue weighted by Crippen LogP contribution is -2.03. The Morgan fingerprint density at radius 1 is 1.00 bits per heavy atom. The number of imidazole rings is 1. The molecule has 0 aliphatic heterocycles. The van der Waals surface area contributed by atoms with Crippen molar-refractivity contribution < 1.29 is 8.78 Å². The molecule has 5 aromatic rings. The van der Waals surface area contributed by atoms with Crippen molar-refractivity contribution in [1.82, 2.24) is 24.1 Å². The standard InChI is InChI=1S/C23H18F2N6/c1-14-10-16(24)5-7-18(14)21-12-30-9-3-4-20(23(30)29-21)28-17-6-8-22(19(25)11-17)31-15(2)26-13-27-31/h3-13,28H,1-2H3. The fourth-order valence-electron chi connectivity index (χ4n) is 3.60. The Kier molecular flexibility index (Phi) is 4.47. The average Bonchev–Trinajstić information content (AvgIpc) is 3.35. The molecule has 8 heteroatoms. The van der Waals surface area contributed by atoms with E-state index >= 15 is 0 Å². The summed E-state index contributed by atoms with van der Waals surface area (Å²) in [5.41, 5.74) is 4.70. The lowest BCUT2D eigenvalue weighted by molar-refractivity contribution is 0.608. The van der Waals surface area contributed by atoms with E-state index in [0.717, 1.165) is 22.5 Å². The van der Waals surface area contributed by atoms with E-state index in [1.165, 1.54) is 29.2 Å². The molecule has 0 amide bonds. The predicted molar refractivity (Wildman–Crippen MR) is 115 cm³/mol. The van der Waals surface area contributed by atoms with Crippen molar-refractivity contribution in [3.63, 3.8) is 0 Å². The highest BCUT2D eigenvalue weighted by Crippen LogP contribution is 2.28. The summed E-state index contributed by atoms with van der Waals surface area (Å²) < 4.78 is 31.5. The summed E-state index contributed by atoms with van der Waals surface area (Å²) in [6.07, 6.45) is 5.16. The second kappa shape index (κ2) is 7.32. The normalized spacial score (nSPS) is 11.2. The van der Waals surface area contributed by atoms with Crippen molar-refractivity contribution in [2.24, 2.45) is 0 Å². The van der Waals surface area contributed by atoms with Gasteiger partial charge >= 0.3 is 0 Å². The van der Waals surface area contributed by atoms with E-state index in [0.29, 0.717) is 22.8 Å². The summed E-state index contributed by atoms with van der Waals surface area (Å²) in [7, 11) is 0. The third-order valence-corrected chi connectivity index (χ3v) is 5.12. The van der Waals surface area contributed by atoms with Gasteiger partial charge in [-0.25, -0.2) is 23.4 Å². The van der Waals surface area contributed by atoms with Crippen LogP contribution in [0.4, 0.5) is 20.2 Å². The molecule has 0 bridgehead atoms. The fourth-order valence-corrected chi connectivity index (χ4v) is 3.60. The van der Waals surface area contributed by atoms with Crippen LogP contribution in [0.15, 0.2) is 67.3 Å². The maximum Gasteiger partial charge on any atom is 0.161 e. The van der Waals surface area contributed by atoms with Gasteiger partial charge in [-0.2, -0.15) is 5.10 Å². The molecule has 0 unspecified atom stereocenters. The first-order chi connectivity index (χ1) is 15.0. The van der Waals surface area contributed by atoms with Crippen molar-refractivity contribution in [2.75, 3.05) is 5.32 Å². The Morgan fingerprint density at radius 2 is 1.87 bits per heavy atom. The minimum atomic E-state index is -0.420. The molecule has 6 nitrogen and oxygen atoms in total. The first kappa shape index (κ1) is 18.9. The van der Waals surface area contributed by atoms with Crippen LogP contribution in [0.1, 0.15) is 11.4 Å². The van der Waals surface area contributed by atoms with Gasteiger partial charge in [0.15, 0.2) is 11.5 Å². The Labute approximate surface area is 176 Å². The number of hydrogen-bond donors (Lipinski definition) is 1. The van der Waals surface area contributed by atoms with E-state index in [9.17, 15) is 8.78 Å². The minimum absolute atomic E-state index is 0.279. The number of aryl methyl sites for hydroxylation is 2. The smallest absolute Gasteiger partial charge is 0.161 e. The Hall–Kier alpha value is -4.07. The van der Waals surface area contributed by atoms with Crippen LogP contribution in [0.5, 0.6) is 0 Å². The number of benzene rings is 2. The highest BCUT2D eigenvalue weighted by molar-refractivity contribution is 5.77. The van der Waals surface area contributed by atoms with Crippen molar-refractivity contribution in [3.05, 3.63) is 90.3 Å². The number of fused-ring (bicyclic) bond motifs is 1. The van der Waals surface area contributed by atoms with E-state index in [-0.39, 0.29) is 5.82 Å². The molecule has 3 heterocycles. The van der Waals surface area contributed by atoms with Gasteiger partial charge in [0.25, 0.3) is 0 Å². The first-order valence-corrected chi connectivity index (χ1v) is 9.67. The van der Waals surface area contributed by atoms with Crippen LogP contribution in [-0.2, 0) is 0 Å². The number of nitrogens with one attached hydrogen (secondary N) is 1. The highest BCUT2D eigenvalue weighted by atomic mass is 19.1. The quantitative estimate of drug-likeness (QED) is 0.436. The SMILES string of the molecule is Cc1cc(F)ccc1-c1cn2cccc(Nc3ccc(-n4ncnc4C)c(F)c3)c2n1. The first-order valence-electron chi connectivity index (χ1n) is 9.67. The maximum atomic E-state index is 14.7. The fraction of sp³-hybridized carbons (Fsp3) is 0.0870. The zero-order chi connectivity index (χ0) is 21.5. The molecule has 5 rings (SSSR count). The van der Waals surface area contributed by atoms with Crippen molar-refractivity contribution in [3.8, 4) is 16.9 Å². The molecule has 0 aliphatic carbocycles. The summed E-state index contributed by atoms with van der Waals surface area (Å²) in [5, 5.41) is 7.29. The monoisotopic (exact) mass is 416 g/mol. The summed E-state index contributed by atoms with van der Waals surface area (Å²) in [5.74, 6) is -0.0965. The number of rotatable bonds is 4. The second-order valence-electron chi connectivity index (χ2n) is 7.25. The molecule has 0 atom stereocenters. The van der Waals surface area contributed by atoms with Gasteiger partial charge in [-0.1, -0.05) is 0 Å². The number of pyridine rings is 1. The van der Waals surface area contributed by atoms with E-state index < -0.39 is 5.82 Å². The molecule has 0 spiro atoms. The third kappa shape index (κ3) is 3.42. The number of anilines is 2. The van der Waals surface area contributed by atoms with Crippen LogP contribution < -0.4 is 5.32 Å². The molecular formula is C23H18F2N6. The number of hydrogen-bond acceptors (Lipinski definition) is 4. The second-order valence-corrected chi connectivity index (χ2v) is 7.25. The zero-order valence-corrected chi connectivity index (χ0v) is 16.8. The summed E-state index contributed by atoms with van der Waals surface area (Å²) in [6, 6.07) is 13.2. The molecule has 0 aliphatic rings. The lowest BCUT2D eigenvalue weighted by Gasteiger charge is -2.10. The van der Waals surface area contributed by atoms with Gasteiger partial charge in [-0.15, -0.1) is 0 Å². The van der Waals surface area contributed by atoms with Crippen LogP contribution in [0.25, 0.3) is 22.6 Å². The Balaban J connectivity index is 1.50. The van der Waals surface area contributed by atoms with Gasteiger partial charge < -0.3 is 9.72 Å². The number of nitrogens with zero attached hydrogens (tertiary/aromatic N) is 5. The Morgan fingerprint density at radius 3 is 2.61 bits per heavy atom. The molecule has 0 saturated carbocycles. The largest absolute Gasteiger partial charge is 0.352 e. The molecule has 3 aromatic heterocycles. The highest BCUT2D eigenvalue weighted by Gasteiger charge is 2.13. The van der Waals surface area contributed by atoms with E-state index in [4.69, 9.17) is 4.98 Å². The number of halogens is 2. The molecule has 2 aromatic carbocycles. The van der Waals surface area contributed by atoms with E-state index in [1.807, 2.05) is 35.9 Å².